The fourth-order valence-electron chi connectivity index (χ4n) is 4.57. The first-order valence-electron chi connectivity index (χ1n) is 10.3. The van der Waals surface area contributed by atoms with E-state index in [9.17, 15) is 0 Å². The SMILES string of the molecule is CCCCC[SiH](C1=CCC=C1C(C)C)c1c(C)c(C)c(C)c(C)c1C. The molecule has 0 fully saturated rings. The van der Waals surface area contributed by atoms with Crippen molar-refractivity contribution in [2.75, 3.05) is 0 Å². The molecule has 0 aliphatic heterocycles. The minimum atomic E-state index is -1.15. The predicted molar refractivity (Wildman–Crippen MR) is 117 cm³/mol. The van der Waals surface area contributed by atoms with Crippen molar-refractivity contribution in [2.45, 2.75) is 87.1 Å². The first-order valence-corrected chi connectivity index (χ1v) is 12.3. The number of hydrogen-bond acceptors (Lipinski definition) is 0. The molecule has 25 heavy (non-hydrogen) atoms. The second-order valence-corrected chi connectivity index (χ2v) is 11.2. The van der Waals surface area contributed by atoms with Gasteiger partial charge in [0.05, 0.1) is 0 Å². The average molecular weight is 355 g/mol. The Kier molecular flexibility index (Phi) is 6.91. The van der Waals surface area contributed by atoms with E-state index >= 15 is 0 Å². The molecule has 0 aromatic heterocycles. The van der Waals surface area contributed by atoms with Crippen molar-refractivity contribution >= 4 is 14.0 Å². The van der Waals surface area contributed by atoms with E-state index in [1.54, 1.807) is 27.1 Å². The summed E-state index contributed by atoms with van der Waals surface area (Å²) in [6.45, 7) is 18.8. The monoisotopic (exact) mass is 354 g/mol. The summed E-state index contributed by atoms with van der Waals surface area (Å²) in [5.74, 6) is 0.656. The predicted octanol–water partition coefficient (Wildman–Crippen LogP) is 6.30. The molecule has 0 N–H and O–H groups in total. The van der Waals surface area contributed by atoms with Crippen LogP contribution in [0.2, 0.25) is 6.04 Å². The summed E-state index contributed by atoms with van der Waals surface area (Å²) in [4.78, 5) is 0. The molecule has 0 saturated heterocycles. The number of rotatable bonds is 7. The average Bonchev–Trinajstić information content (AvgIpc) is 3.06. The van der Waals surface area contributed by atoms with Crippen LogP contribution in [-0.4, -0.2) is 8.80 Å². The van der Waals surface area contributed by atoms with Crippen molar-refractivity contribution in [1.82, 2.24) is 0 Å². The lowest BCUT2D eigenvalue weighted by Gasteiger charge is -2.28. The molecule has 138 valence electrons. The largest absolute Gasteiger partial charge is 0.103 e. The molecule has 0 nitrogen and oxygen atoms in total. The maximum Gasteiger partial charge on any atom is 0.103 e. The highest BCUT2D eigenvalue weighted by Crippen LogP contribution is 2.32. The Labute approximate surface area is 158 Å². The Morgan fingerprint density at radius 1 is 0.840 bits per heavy atom. The van der Waals surface area contributed by atoms with Gasteiger partial charge in [-0.3, -0.25) is 0 Å². The smallest absolute Gasteiger partial charge is 0.0811 e. The van der Waals surface area contributed by atoms with Gasteiger partial charge in [0.1, 0.15) is 8.80 Å². The van der Waals surface area contributed by atoms with E-state index in [1.807, 2.05) is 0 Å². The molecular formula is C24H38Si. The van der Waals surface area contributed by atoms with Crippen LogP contribution in [-0.2, 0) is 0 Å². The molecule has 1 aliphatic rings. The van der Waals surface area contributed by atoms with Gasteiger partial charge in [-0.15, -0.1) is 0 Å². The van der Waals surface area contributed by atoms with E-state index in [4.69, 9.17) is 0 Å². The fourth-order valence-corrected chi connectivity index (χ4v) is 8.93. The quantitative estimate of drug-likeness (QED) is 0.398. The topological polar surface area (TPSA) is 0 Å². The van der Waals surface area contributed by atoms with Gasteiger partial charge in [0.15, 0.2) is 0 Å². The molecule has 1 heteroatoms. The van der Waals surface area contributed by atoms with Crippen LogP contribution in [0.15, 0.2) is 22.9 Å². The van der Waals surface area contributed by atoms with Crippen molar-refractivity contribution in [3.8, 4) is 0 Å². The number of unbranched alkanes of at least 4 members (excludes halogenated alkanes) is 2. The van der Waals surface area contributed by atoms with Gasteiger partial charge in [0.25, 0.3) is 0 Å². The van der Waals surface area contributed by atoms with Crippen LogP contribution in [0.25, 0.3) is 0 Å². The van der Waals surface area contributed by atoms with Crippen LogP contribution in [0, 0.1) is 40.5 Å². The van der Waals surface area contributed by atoms with Crippen LogP contribution < -0.4 is 5.19 Å². The third kappa shape index (κ3) is 4.02. The van der Waals surface area contributed by atoms with E-state index in [0.717, 1.165) is 6.42 Å². The molecule has 0 bridgehead atoms. The van der Waals surface area contributed by atoms with Gasteiger partial charge in [-0.05, 0) is 74.8 Å². The third-order valence-electron chi connectivity index (χ3n) is 6.51. The molecule has 0 amide bonds. The number of hydrogen-bond donors (Lipinski definition) is 0. The Hall–Kier alpha value is -1.08. The van der Waals surface area contributed by atoms with Crippen LogP contribution in [0.3, 0.4) is 0 Å². The fraction of sp³-hybridized carbons (Fsp3) is 0.583. The summed E-state index contributed by atoms with van der Waals surface area (Å²) < 4.78 is 0. The maximum atomic E-state index is 2.57. The summed E-state index contributed by atoms with van der Waals surface area (Å²) in [6.07, 6.45) is 10.3. The van der Waals surface area contributed by atoms with Gasteiger partial charge < -0.3 is 0 Å². The van der Waals surface area contributed by atoms with E-state index in [1.165, 1.54) is 42.0 Å². The van der Waals surface area contributed by atoms with Gasteiger partial charge in [-0.1, -0.05) is 74.2 Å². The van der Waals surface area contributed by atoms with E-state index in [2.05, 4.69) is 67.5 Å². The summed E-state index contributed by atoms with van der Waals surface area (Å²) in [7, 11) is -1.15. The van der Waals surface area contributed by atoms with E-state index in [-0.39, 0.29) is 0 Å². The lowest BCUT2D eigenvalue weighted by atomic mass is 9.95. The molecule has 0 spiro atoms. The van der Waals surface area contributed by atoms with Crippen LogP contribution >= 0.6 is 0 Å². The maximum absolute atomic E-state index is 2.57. The molecule has 1 aromatic carbocycles. The first kappa shape index (κ1) is 20.2. The number of benzene rings is 1. The van der Waals surface area contributed by atoms with Gasteiger partial charge in [0, 0.05) is 0 Å². The van der Waals surface area contributed by atoms with Crippen molar-refractivity contribution in [3.05, 3.63) is 50.7 Å². The van der Waals surface area contributed by atoms with Gasteiger partial charge >= 0.3 is 0 Å². The Balaban J connectivity index is 2.56. The van der Waals surface area contributed by atoms with Crippen molar-refractivity contribution in [2.24, 2.45) is 5.92 Å². The Morgan fingerprint density at radius 3 is 1.92 bits per heavy atom. The third-order valence-corrected chi connectivity index (χ3v) is 10.4. The molecule has 0 saturated carbocycles. The Morgan fingerprint density at radius 2 is 1.40 bits per heavy atom. The molecule has 1 aromatic rings. The molecule has 1 unspecified atom stereocenters. The van der Waals surface area contributed by atoms with Crippen LogP contribution in [0.1, 0.15) is 74.3 Å². The van der Waals surface area contributed by atoms with Gasteiger partial charge in [-0.2, -0.15) is 0 Å². The van der Waals surface area contributed by atoms with E-state index in [0.29, 0.717) is 5.92 Å². The second kappa shape index (κ2) is 8.53. The second-order valence-electron chi connectivity index (χ2n) is 8.30. The zero-order valence-corrected chi connectivity index (χ0v) is 19.0. The van der Waals surface area contributed by atoms with Crippen molar-refractivity contribution in [3.63, 3.8) is 0 Å². The van der Waals surface area contributed by atoms with Crippen LogP contribution in [0.4, 0.5) is 0 Å². The highest BCUT2D eigenvalue weighted by Gasteiger charge is 2.28. The zero-order valence-electron chi connectivity index (χ0n) is 17.8. The summed E-state index contributed by atoms with van der Waals surface area (Å²) in [5, 5.41) is 3.52. The lowest BCUT2D eigenvalue weighted by Crippen LogP contribution is -2.38. The summed E-state index contributed by atoms with van der Waals surface area (Å²) in [5.41, 5.74) is 9.39. The molecule has 0 heterocycles. The van der Waals surface area contributed by atoms with Crippen LogP contribution in [0.5, 0.6) is 0 Å². The van der Waals surface area contributed by atoms with Gasteiger partial charge in [-0.25, -0.2) is 0 Å². The van der Waals surface area contributed by atoms with E-state index < -0.39 is 8.80 Å². The zero-order chi connectivity index (χ0) is 18.7. The lowest BCUT2D eigenvalue weighted by molar-refractivity contribution is 0.764. The van der Waals surface area contributed by atoms with Crippen molar-refractivity contribution < 1.29 is 0 Å². The molecule has 2 rings (SSSR count). The summed E-state index contributed by atoms with van der Waals surface area (Å²) >= 11 is 0. The first-order chi connectivity index (χ1) is 11.8. The number of allylic oxidation sites excluding steroid dienone is 4. The Bertz CT molecular complexity index is 660. The standard InChI is InChI=1S/C24H38Si/c1-9-10-11-15-25(23-14-12-13-22(23)16(2)3)24-20(7)18(5)17(4)19(6)21(24)8/h13-14,16,25H,9-12,15H2,1-8H3. The van der Waals surface area contributed by atoms with Gasteiger partial charge in [0.2, 0.25) is 0 Å². The highest BCUT2D eigenvalue weighted by molar-refractivity contribution is 6.81. The summed E-state index contributed by atoms with van der Waals surface area (Å²) in [6, 6.07) is 1.42. The minimum Gasteiger partial charge on any atom is -0.0811 e. The molecule has 1 aliphatic carbocycles. The molecule has 0 radical (unpaired) electrons. The molecule has 1 atom stereocenters. The highest BCUT2D eigenvalue weighted by atomic mass is 28.3. The molecular weight excluding hydrogens is 316 g/mol. The van der Waals surface area contributed by atoms with Crippen molar-refractivity contribution in [1.29, 1.82) is 0 Å². The normalized spacial score (nSPS) is 15.6. The minimum absolute atomic E-state index is 0.656.